The number of amides is 2. The van der Waals surface area contributed by atoms with Crippen LogP contribution in [0.15, 0.2) is 22.8 Å². The highest BCUT2D eigenvalue weighted by molar-refractivity contribution is 5.91. The van der Waals surface area contributed by atoms with Gasteiger partial charge in [0.05, 0.1) is 18.9 Å². The van der Waals surface area contributed by atoms with E-state index in [1.807, 2.05) is 0 Å². The zero-order valence-electron chi connectivity index (χ0n) is 10.7. The van der Waals surface area contributed by atoms with Gasteiger partial charge in [-0.25, -0.2) is 0 Å². The SMILES string of the molecule is O=C(NCCC(=O)N1CCC[C@@H]1CO)c1ccco1. The Balaban J connectivity index is 1.73. The number of carbonyl (C=O) groups excluding carboxylic acids is 2. The number of hydrogen-bond acceptors (Lipinski definition) is 4. The van der Waals surface area contributed by atoms with E-state index in [1.54, 1.807) is 17.0 Å². The summed E-state index contributed by atoms with van der Waals surface area (Å²) in [6, 6.07) is 3.14. The van der Waals surface area contributed by atoms with Crippen LogP contribution in [0.5, 0.6) is 0 Å². The lowest BCUT2D eigenvalue weighted by Gasteiger charge is -2.22. The minimum Gasteiger partial charge on any atom is -0.459 e. The summed E-state index contributed by atoms with van der Waals surface area (Å²) in [4.78, 5) is 25.2. The third kappa shape index (κ3) is 3.35. The number of carbonyl (C=O) groups is 2. The molecule has 0 bridgehead atoms. The van der Waals surface area contributed by atoms with Crippen LogP contribution in [0.3, 0.4) is 0 Å². The van der Waals surface area contributed by atoms with Crippen molar-refractivity contribution in [3.8, 4) is 0 Å². The lowest BCUT2D eigenvalue weighted by Crippen LogP contribution is -2.39. The number of rotatable bonds is 5. The Morgan fingerprint density at radius 1 is 1.53 bits per heavy atom. The molecule has 19 heavy (non-hydrogen) atoms. The Bertz CT molecular complexity index is 430. The highest BCUT2D eigenvalue weighted by Crippen LogP contribution is 2.17. The molecule has 1 fully saturated rings. The van der Waals surface area contributed by atoms with Gasteiger partial charge in [-0.1, -0.05) is 0 Å². The van der Waals surface area contributed by atoms with Crippen molar-refractivity contribution in [2.24, 2.45) is 0 Å². The molecule has 1 aromatic rings. The van der Waals surface area contributed by atoms with E-state index in [1.165, 1.54) is 6.26 Å². The number of furan rings is 1. The zero-order chi connectivity index (χ0) is 13.7. The number of aliphatic hydroxyl groups excluding tert-OH is 1. The molecule has 1 atom stereocenters. The average molecular weight is 266 g/mol. The molecule has 0 aromatic carbocycles. The van der Waals surface area contributed by atoms with E-state index in [0.717, 1.165) is 12.8 Å². The Kier molecular flexibility index (Phi) is 4.57. The molecule has 0 unspecified atom stereocenters. The Labute approximate surface area is 111 Å². The van der Waals surface area contributed by atoms with Gasteiger partial charge in [-0.05, 0) is 25.0 Å². The van der Waals surface area contributed by atoms with Gasteiger partial charge in [0.2, 0.25) is 5.91 Å². The molecule has 1 aliphatic rings. The largest absolute Gasteiger partial charge is 0.459 e. The maximum atomic E-state index is 11.9. The summed E-state index contributed by atoms with van der Waals surface area (Å²) in [6.45, 7) is 0.966. The fourth-order valence-electron chi connectivity index (χ4n) is 2.28. The summed E-state index contributed by atoms with van der Waals surface area (Å²) in [5, 5.41) is 11.8. The van der Waals surface area contributed by atoms with Crippen molar-refractivity contribution in [1.29, 1.82) is 0 Å². The molecule has 2 N–H and O–H groups in total. The summed E-state index contributed by atoms with van der Waals surface area (Å²) in [6.07, 6.45) is 3.44. The molecule has 0 saturated carbocycles. The number of nitrogens with zero attached hydrogens (tertiary/aromatic N) is 1. The highest BCUT2D eigenvalue weighted by Gasteiger charge is 2.27. The Morgan fingerprint density at radius 3 is 3.05 bits per heavy atom. The number of aliphatic hydroxyl groups is 1. The van der Waals surface area contributed by atoms with Crippen LogP contribution in [0.1, 0.15) is 29.8 Å². The number of hydrogen-bond donors (Lipinski definition) is 2. The van der Waals surface area contributed by atoms with Gasteiger partial charge in [0.15, 0.2) is 5.76 Å². The molecule has 104 valence electrons. The molecule has 0 spiro atoms. The number of nitrogens with one attached hydrogen (secondary N) is 1. The van der Waals surface area contributed by atoms with E-state index in [2.05, 4.69) is 5.32 Å². The minimum atomic E-state index is -0.321. The van der Waals surface area contributed by atoms with Crippen molar-refractivity contribution in [2.75, 3.05) is 19.7 Å². The standard InChI is InChI=1S/C13H18N2O4/c16-9-10-3-1-7-15(10)12(17)5-6-14-13(18)11-4-2-8-19-11/h2,4,8,10,16H,1,3,5-7,9H2,(H,14,18)/t10-/m1/s1. The molecular weight excluding hydrogens is 248 g/mol. The van der Waals surface area contributed by atoms with E-state index in [9.17, 15) is 9.59 Å². The predicted octanol–water partition coefficient (Wildman–Crippen LogP) is 0.383. The van der Waals surface area contributed by atoms with Crippen LogP contribution in [-0.2, 0) is 4.79 Å². The van der Waals surface area contributed by atoms with E-state index in [-0.39, 0.29) is 43.2 Å². The third-order valence-electron chi connectivity index (χ3n) is 3.28. The van der Waals surface area contributed by atoms with Crippen LogP contribution >= 0.6 is 0 Å². The van der Waals surface area contributed by atoms with Gasteiger partial charge >= 0.3 is 0 Å². The summed E-state index contributed by atoms with van der Waals surface area (Å²) in [5.41, 5.74) is 0. The molecule has 6 nitrogen and oxygen atoms in total. The van der Waals surface area contributed by atoms with Gasteiger partial charge in [-0.3, -0.25) is 9.59 Å². The second-order valence-corrected chi connectivity index (χ2v) is 4.55. The number of likely N-dealkylation sites (tertiary alicyclic amines) is 1. The van der Waals surface area contributed by atoms with Gasteiger partial charge in [0, 0.05) is 19.5 Å². The van der Waals surface area contributed by atoms with E-state index in [0.29, 0.717) is 6.54 Å². The van der Waals surface area contributed by atoms with Crippen molar-refractivity contribution in [3.05, 3.63) is 24.2 Å². The maximum absolute atomic E-state index is 11.9. The van der Waals surface area contributed by atoms with Crippen molar-refractivity contribution >= 4 is 11.8 Å². The first-order valence-electron chi connectivity index (χ1n) is 6.44. The van der Waals surface area contributed by atoms with Gasteiger partial charge in [-0.2, -0.15) is 0 Å². The molecular formula is C13H18N2O4. The summed E-state index contributed by atoms with van der Waals surface area (Å²) < 4.78 is 4.95. The predicted molar refractivity (Wildman–Crippen MR) is 67.5 cm³/mol. The topological polar surface area (TPSA) is 82.8 Å². The summed E-state index contributed by atoms with van der Waals surface area (Å²) >= 11 is 0. The van der Waals surface area contributed by atoms with E-state index < -0.39 is 0 Å². The van der Waals surface area contributed by atoms with Gasteiger partial charge in [-0.15, -0.1) is 0 Å². The van der Waals surface area contributed by atoms with Crippen LogP contribution < -0.4 is 5.32 Å². The second kappa shape index (κ2) is 6.38. The fraction of sp³-hybridized carbons (Fsp3) is 0.538. The van der Waals surface area contributed by atoms with Crippen LogP contribution in [-0.4, -0.2) is 47.6 Å². The first-order valence-corrected chi connectivity index (χ1v) is 6.44. The van der Waals surface area contributed by atoms with Crippen LogP contribution in [0.25, 0.3) is 0 Å². The molecule has 0 radical (unpaired) electrons. The van der Waals surface area contributed by atoms with Crippen molar-refractivity contribution in [2.45, 2.75) is 25.3 Å². The van der Waals surface area contributed by atoms with Gasteiger partial charge in [0.25, 0.3) is 5.91 Å². The average Bonchev–Trinajstić information content (AvgIpc) is 3.09. The molecule has 1 saturated heterocycles. The molecule has 1 aliphatic heterocycles. The Hall–Kier alpha value is -1.82. The van der Waals surface area contributed by atoms with Gasteiger partial charge < -0.3 is 19.7 Å². The van der Waals surface area contributed by atoms with Crippen molar-refractivity contribution < 1.29 is 19.1 Å². The second-order valence-electron chi connectivity index (χ2n) is 4.55. The Morgan fingerprint density at radius 2 is 2.37 bits per heavy atom. The molecule has 2 amide bonds. The van der Waals surface area contributed by atoms with Crippen molar-refractivity contribution in [1.82, 2.24) is 10.2 Å². The fourth-order valence-corrected chi connectivity index (χ4v) is 2.28. The molecule has 2 heterocycles. The van der Waals surface area contributed by atoms with Crippen LogP contribution in [0, 0.1) is 0 Å². The zero-order valence-corrected chi connectivity index (χ0v) is 10.7. The lowest BCUT2D eigenvalue weighted by molar-refractivity contribution is -0.132. The molecule has 0 aliphatic carbocycles. The third-order valence-corrected chi connectivity index (χ3v) is 3.28. The van der Waals surface area contributed by atoms with Gasteiger partial charge in [0.1, 0.15) is 0 Å². The summed E-state index contributed by atoms with van der Waals surface area (Å²) in [7, 11) is 0. The lowest BCUT2D eigenvalue weighted by atomic mass is 10.2. The van der Waals surface area contributed by atoms with Crippen LogP contribution in [0.4, 0.5) is 0 Å². The first kappa shape index (κ1) is 13.6. The van der Waals surface area contributed by atoms with Crippen molar-refractivity contribution in [3.63, 3.8) is 0 Å². The quantitative estimate of drug-likeness (QED) is 0.807. The first-order chi connectivity index (χ1) is 9.22. The van der Waals surface area contributed by atoms with E-state index in [4.69, 9.17) is 9.52 Å². The normalized spacial score (nSPS) is 18.6. The monoisotopic (exact) mass is 266 g/mol. The molecule has 6 heteroatoms. The summed E-state index contributed by atoms with van der Waals surface area (Å²) in [5.74, 6) is -0.115. The van der Waals surface area contributed by atoms with Crippen LogP contribution in [0.2, 0.25) is 0 Å². The highest BCUT2D eigenvalue weighted by atomic mass is 16.3. The maximum Gasteiger partial charge on any atom is 0.286 e. The molecule has 1 aromatic heterocycles. The smallest absolute Gasteiger partial charge is 0.286 e. The van der Waals surface area contributed by atoms with E-state index >= 15 is 0 Å². The minimum absolute atomic E-state index is 0.00446. The molecule has 2 rings (SSSR count).